The topological polar surface area (TPSA) is 68.0 Å². The van der Waals surface area contributed by atoms with E-state index >= 15 is 0 Å². The lowest BCUT2D eigenvalue weighted by Crippen LogP contribution is -2.00. The first-order valence-corrected chi connectivity index (χ1v) is 7.88. The molecule has 1 N–H and O–H groups in total. The molecule has 3 rings (SSSR count). The van der Waals surface area contributed by atoms with E-state index < -0.39 is 5.97 Å². The number of thiol groups is 1. The van der Waals surface area contributed by atoms with Crippen LogP contribution in [-0.2, 0) is 0 Å². The number of pyridine rings is 1. The number of carboxylic acids is 1. The molecule has 5 nitrogen and oxygen atoms in total. The van der Waals surface area contributed by atoms with Crippen LogP contribution in [-0.4, -0.2) is 25.8 Å². The van der Waals surface area contributed by atoms with Gasteiger partial charge in [-0.2, -0.15) is 5.10 Å². The Balaban J connectivity index is 0.000000433. The molecule has 6 heteroatoms. The van der Waals surface area contributed by atoms with E-state index in [9.17, 15) is 4.79 Å². The summed E-state index contributed by atoms with van der Waals surface area (Å²) in [5.41, 5.74) is 1.71. The van der Waals surface area contributed by atoms with Crippen LogP contribution in [0.1, 0.15) is 37.0 Å². The monoisotopic (exact) mass is 329 g/mol. The van der Waals surface area contributed by atoms with Gasteiger partial charge < -0.3 is 5.11 Å². The summed E-state index contributed by atoms with van der Waals surface area (Å²) in [6.45, 7) is 4.36. The number of rotatable bonds is 3. The van der Waals surface area contributed by atoms with Crippen molar-refractivity contribution in [1.29, 1.82) is 0 Å². The maximum absolute atomic E-state index is 10.8. The Morgan fingerprint density at radius 1 is 1.17 bits per heavy atom. The molecule has 0 spiro atoms. The minimum atomic E-state index is -0.949. The zero-order valence-electron chi connectivity index (χ0n) is 13.1. The number of carboxylic acid groups (broad SMARTS) is 1. The van der Waals surface area contributed by atoms with Gasteiger partial charge in [-0.15, -0.1) is 12.6 Å². The Morgan fingerprint density at radius 3 is 2.39 bits per heavy atom. The number of carbonyl (C=O) groups is 1. The van der Waals surface area contributed by atoms with Crippen LogP contribution in [0.15, 0.2) is 47.6 Å². The number of unbranched alkanes of at least 4 members (excludes halogenated alkanes) is 1. The lowest BCUT2D eigenvalue weighted by Gasteiger charge is -2.03. The normalized spacial score (nSPS) is 10.2. The highest BCUT2D eigenvalue weighted by molar-refractivity contribution is 7.80. The zero-order chi connectivity index (χ0) is 16.8. The summed E-state index contributed by atoms with van der Waals surface area (Å²) >= 11 is 4.23. The second kappa shape index (κ2) is 7.78. The molecule has 2 heterocycles. The summed E-state index contributed by atoms with van der Waals surface area (Å²) in [5.74, 6) is -0.949. The summed E-state index contributed by atoms with van der Waals surface area (Å²) in [5, 5.41) is 14.0. The van der Waals surface area contributed by atoms with Crippen molar-refractivity contribution >= 4 is 29.6 Å². The quantitative estimate of drug-likeness (QED) is 0.706. The van der Waals surface area contributed by atoms with Crippen molar-refractivity contribution in [2.24, 2.45) is 0 Å². The number of nitrogens with zero attached hydrogens (tertiary/aromatic N) is 3. The molecule has 0 bridgehead atoms. The zero-order valence-corrected chi connectivity index (χ0v) is 14.0. The van der Waals surface area contributed by atoms with E-state index in [1.165, 1.54) is 25.0 Å². The van der Waals surface area contributed by atoms with Gasteiger partial charge in [0.2, 0.25) is 0 Å². The van der Waals surface area contributed by atoms with Crippen molar-refractivity contribution in [1.82, 2.24) is 14.8 Å². The molecule has 0 aliphatic rings. The van der Waals surface area contributed by atoms with Crippen LogP contribution in [0.5, 0.6) is 0 Å². The van der Waals surface area contributed by atoms with Gasteiger partial charge in [-0.25, -0.2) is 14.5 Å². The van der Waals surface area contributed by atoms with Crippen molar-refractivity contribution < 1.29 is 9.90 Å². The van der Waals surface area contributed by atoms with Gasteiger partial charge in [-0.05, 0) is 30.3 Å². The summed E-state index contributed by atoms with van der Waals surface area (Å²) < 4.78 is 1.66. The molecule has 0 aliphatic carbocycles. The van der Waals surface area contributed by atoms with Crippen molar-refractivity contribution in [2.75, 3.05) is 0 Å². The van der Waals surface area contributed by atoms with Crippen molar-refractivity contribution in [3.05, 3.63) is 48.3 Å². The smallest absolute Gasteiger partial charge is 0.335 e. The molecular formula is C17H19N3O2S. The minimum absolute atomic E-state index is 0.241. The van der Waals surface area contributed by atoms with Crippen LogP contribution in [0.4, 0.5) is 0 Å². The highest BCUT2D eigenvalue weighted by atomic mass is 32.1. The predicted molar refractivity (Wildman–Crippen MR) is 93.7 cm³/mol. The van der Waals surface area contributed by atoms with Crippen LogP contribution in [0.3, 0.4) is 0 Å². The first-order chi connectivity index (χ1) is 11.1. The maximum Gasteiger partial charge on any atom is 0.335 e. The maximum atomic E-state index is 10.8. The van der Waals surface area contributed by atoms with Crippen molar-refractivity contribution in [3.8, 4) is 5.69 Å². The fourth-order valence-corrected chi connectivity index (χ4v) is 2.04. The molecule has 3 aromatic rings. The van der Waals surface area contributed by atoms with Crippen LogP contribution >= 0.6 is 12.6 Å². The molecule has 23 heavy (non-hydrogen) atoms. The fraction of sp³-hybridized carbons (Fsp3) is 0.235. The van der Waals surface area contributed by atoms with Gasteiger partial charge >= 0.3 is 5.97 Å². The molecule has 0 fully saturated rings. The van der Waals surface area contributed by atoms with Gasteiger partial charge in [0, 0.05) is 16.5 Å². The molecule has 0 saturated carbocycles. The lowest BCUT2D eigenvalue weighted by atomic mass is 10.2. The molecule has 0 saturated heterocycles. The molecule has 0 radical (unpaired) electrons. The van der Waals surface area contributed by atoms with Crippen LogP contribution in [0.2, 0.25) is 0 Å². The average Bonchev–Trinajstić information content (AvgIpc) is 2.98. The molecule has 0 aliphatic heterocycles. The highest BCUT2D eigenvalue weighted by Crippen LogP contribution is 2.19. The van der Waals surface area contributed by atoms with E-state index in [4.69, 9.17) is 5.11 Å². The average molecular weight is 329 g/mol. The van der Waals surface area contributed by atoms with Gasteiger partial charge in [-0.1, -0.05) is 26.7 Å². The number of fused-ring (bicyclic) bond motifs is 1. The summed E-state index contributed by atoms with van der Waals surface area (Å²) in [6, 6.07) is 8.36. The number of aromatic nitrogens is 3. The van der Waals surface area contributed by atoms with Gasteiger partial charge in [0.25, 0.3) is 0 Å². The predicted octanol–water partition coefficient (Wildman–Crippen LogP) is 4.21. The minimum Gasteiger partial charge on any atom is -0.478 e. The van der Waals surface area contributed by atoms with Crippen LogP contribution in [0.25, 0.3) is 16.7 Å². The Kier molecular flexibility index (Phi) is 5.76. The van der Waals surface area contributed by atoms with Gasteiger partial charge in [-0.3, -0.25) is 0 Å². The summed E-state index contributed by atoms with van der Waals surface area (Å²) in [7, 11) is 0. The van der Waals surface area contributed by atoms with Crippen LogP contribution < -0.4 is 0 Å². The van der Waals surface area contributed by atoms with E-state index in [0.29, 0.717) is 5.65 Å². The third-order valence-corrected chi connectivity index (χ3v) is 3.50. The fourth-order valence-electron chi connectivity index (χ4n) is 1.84. The van der Waals surface area contributed by atoms with E-state index in [0.717, 1.165) is 16.0 Å². The Morgan fingerprint density at radius 2 is 1.83 bits per heavy atom. The van der Waals surface area contributed by atoms with Crippen molar-refractivity contribution in [2.45, 2.75) is 31.6 Å². The Bertz CT molecular complexity index is 795. The molecule has 0 atom stereocenters. The first-order valence-electron chi connectivity index (χ1n) is 7.43. The van der Waals surface area contributed by atoms with E-state index in [-0.39, 0.29) is 5.56 Å². The largest absolute Gasteiger partial charge is 0.478 e. The van der Waals surface area contributed by atoms with Gasteiger partial charge in [0.1, 0.15) is 0 Å². The highest BCUT2D eigenvalue weighted by Gasteiger charge is 2.08. The number of hydrogen-bond donors (Lipinski definition) is 2. The number of benzene rings is 1. The molecule has 0 unspecified atom stereocenters. The molecule has 0 amide bonds. The van der Waals surface area contributed by atoms with Crippen LogP contribution in [0, 0.1) is 0 Å². The second-order valence-electron chi connectivity index (χ2n) is 5.01. The number of hydrogen-bond acceptors (Lipinski definition) is 4. The second-order valence-corrected chi connectivity index (χ2v) is 5.53. The molecule has 1 aromatic carbocycles. The molecular weight excluding hydrogens is 310 g/mol. The van der Waals surface area contributed by atoms with E-state index in [1.54, 1.807) is 29.2 Å². The standard InChI is InChI=1S/C13H9N3O2S.C4H10/c17-13(18)8-1-3-10(4-2-8)16-12-9(6-15-16)5-11(19)7-14-12;1-3-4-2/h1-7,19H,(H,17,18);3-4H2,1-2H3. The summed E-state index contributed by atoms with van der Waals surface area (Å²) in [6.07, 6.45) is 5.99. The molecule has 2 aromatic heterocycles. The summed E-state index contributed by atoms with van der Waals surface area (Å²) in [4.78, 5) is 15.9. The van der Waals surface area contributed by atoms with E-state index in [2.05, 4.69) is 36.6 Å². The van der Waals surface area contributed by atoms with Gasteiger partial charge in [0.15, 0.2) is 5.65 Å². The SMILES string of the molecule is CCCC.O=C(O)c1ccc(-n2ncc3cc(S)cnc32)cc1. The third-order valence-electron chi connectivity index (χ3n) is 3.25. The third kappa shape index (κ3) is 4.10. The number of aromatic carboxylic acids is 1. The van der Waals surface area contributed by atoms with Crippen molar-refractivity contribution in [3.63, 3.8) is 0 Å². The Hall–Kier alpha value is -2.34. The first kappa shape index (κ1) is 17.0. The molecule has 120 valence electrons. The lowest BCUT2D eigenvalue weighted by molar-refractivity contribution is 0.0697. The van der Waals surface area contributed by atoms with E-state index in [1.807, 2.05) is 6.07 Å². The van der Waals surface area contributed by atoms with Gasteiger partial charge in [0.05, 0.1) is 17.4 Å². The Labute approximate surface area is 140 Å².